The van der Waals surface area contributed by atoms with Crippen molar-refractivity contribution in [1.29, 1.82) is 5.26 Å². The minimum atomic E-state index is -3.90. The molecule has 38 heavy (non-hydrogen) atoms. The second-order valence-corrected chi connectivity index (χ2v) is 13.7. The number of carbonyl (C=O) groups excluding carboxylic acids is 2. The van der Waals surface area contributed by atoms with Gasteiger partial charge < -0.3 is 10.2 Å². The van der Waals surface area contributed by atoms with Gasteiger partial charge in [0.05, 0.1) is 27.3 Å². The molecular formula is C26H31ClF2N4O4S. The van der Waals surface area contributed by atoms with Crippen LogP contribution in [0.1, 0.15) is 57.8 Å². The van der Waals surface area contributed by atoms with Gasteiger partial charge in [-0.3, -0.25) is 14.5 Å². The molecule has 206 valence electrons. The van der Waals surface area contributed by atoms with Crippen LogP contribution in [0, 0.1) is 11.3 Å². The first-order chi connectivity index (χ1) is 17.9. The van der Waals surface area contributed by atoms with Crippen molar-refractivity contribution in [3.8, 4) is 6.07 Å². The van der Waals surface area contributed by atoms with Crippen LogP contribution in [0.3, 0.4) is 0 Å². The molecule has 0 bridgehead atoms. The third-order valence-corrected chi connectivity index (χ3v) is 11.1. The summed E-state index contributed by atoms with van der Waals surface area (Å²) in [5.74, 6) is -3.34. The number of rotatable bonds is 7. The summed E-state index contributed by atoms with van der Waals surface area (Å²) in [5.41, 5.74) is -0.874. The van der Waals surface area contributed by atoms with Gasteiger partial charge in [0, 0.05) is 44.4 Å². The number of nitrogens with zero attached hydrogens (tertiary/aromatic N) is 3. The van der Waals surface area contributed by atoms with Gasteiger partial charge in [0.2, 0.25) is 17.7 Å². The minimum absolute atomic E-state index is 0.0148. The highest BCUT2D eigenvalue weighted by atomic mass is 35.5. The van der Waals surface area contributed by atoms with Crippen LogP contribution >= 0.6 is 11.6 Å². The molecule has 4 aliphatic rings. The van der Waals surface area contributed by atoms with Crippen LogP contribution in [0.25, 0.3) is 0 Å². The summed E-state index contributed by atoms with van der Waals surface area (Å²) >= 11 is 6.20. The van der Waals surface area contributed by atoms with Gasteiger partial charge in [0.25, 0.3) is 0 Å². The van der Waals surface area contributed by atoms with Gasteiger partial charge in [-0.05, 0) is 50.7 Å². The Hall–Kier alpha value is -2.29. The third kappa shape index (κ3) is 5.27. The maximum Gasteiger partial charge on any atom is 0.248 e. The van der Waals surface area contributed by atoms with Crippen LogP contribution < -0.4 is 5.32 Å². The summed E-state index contributed by atoms with van der Waals surface area (Å²) in [7, 11) is -3.90. The largest absolute Gasteiger partial charge is 0.338 e. The standard InChI is InChI=1S/C26H31ClF2N4O4S/c27-20-3-1-2-4-22(20)38(36,37)19-13-18(14-23(34)31-25(16-30)10-11-25)33(15-19)24(35)21-7-12-32(21)17-5-8-26(28,29)9-6-17/h1-4,17-19,21H,5-15H2,(H,31,34)/t18-,19-,21?/m1/s1. The monoisotopic (exact) mass is 568 g/mol. The van der Waals surface area contributed by atoms with Crippen molar-refractivity contribution in [2.75, 3.05) is 13.1 Å². The molecule has 0 radical (unpaired) electrons. The van der Waals surface area contributed by atoms with Crippen molar-refractivity contribution >= 4 is 33.3 Å². The normalized spacial score (nSPS) is 28.8. The van der Waals surface area contributed by atoms with Gasteiger partial charge >= 0.3 is 0 Å². The smallest absolute Gasteiger partial charge is 0.248 e. The second kappa shape index (κ2) is 10.0. The third-order valence-electron chi connectivity index (χ3n) is 8.51. The first kappa shape index (κ1) is 27.3. The summed E-state index contributed by atoms with van der Waals surface area (Å²) in [6, 6.07) is 6.94. The van der Waals surface area contributed by atoms with Gasteiger partial charge in [0.15, 0.2) is 9.84 Å². The van der Waals surface area contributed by atoms with E-state index in [0.29, 0.717) is 38.6 Å². The van der Waals surface area contributed by atoms with Crippen molar-refractivity contribution < 1.29 is 26.8 Å². The lowest BCUT2D eigenvalue weighted by molar-refractivity contribution is -0.147. The van der Waals surface area contributed by atoms with E-state index in [4.69, 9.17) is 11.6 Å². The molecule has 4 fully saturated rings. The van der Waals surface area contributed by atoms with Crippen molar-refractivity contribution in [3.63, 3.8) is 0 Å². The molecule has 2 heterocycles. The summed E-state index contributed by atoms with van der Waals surface area (Å²) in [6.45, 7) is 0.540. The number of nitriles is 1. The van der Waals surface area contributed by atoms with E-state index < -0.39 is 44.5 Å². The lowest BCUT2D eigenvalue weighted by atomic mass is 9.87. The van der Waals surface area contributed by atoms with E-state index in [1.54, 1.807) is 12.1 Å². The Balaban J connectivity index is 1.34. The Labute approximate surface area is 226 Å². The summed E-state index contributed by atoms with van der Waals surface area (Å²) in [4.78, 5) is 30.0. The topological polar surface area (TPSA) is 111 Å². The number of benzene rings is 1. The molecule has 1 aromatic carbocycles. The van der Waals surface area contributed by atoms with Crippen molar-refractivity contribution in [1.82, 2.24) is 15.1 Å². The molecule has 1 aromatic rings. The highest BCUT2D eigenvalue weighted by Crippen LogP contribution is 2.40. The van der Waals surface area contributed by atoms with E-state index in [2.05, 4.69) is 11.4 Å². The number of amides is 2. The number of carbonyl (C=O) groups is 2. The van der Waals surface area contributed by atoms with Crippen LogP contribution in [0.2, 0.25) is 5.02 Å². The molecular weight excluding hydrogens is 538 g/mol. The zero-order valence-corrected chi connectivity index (χ0v) is 22.5. The van der Waals surface area contributed by atoms with Crippen molar-refractivity contribution in [2.45, 2.75) is 97.5 Å². The fourth-order valence-electron chi connectivity index (χ4n) is 6.00. The highest BCUT2D eigenvalue weighted by molar-refractivity contribution is 7.92. The minimum Gasteiger partial charge on any atom is -0.338 e. The Kier molecular flexibility index (Phi) is 7.20. The number of sulfone groups is 1. The van der Waals surface area contributed by atoms with E-state index in [1.165, 1.54) is 17.0 Å². The number of halogens is 3. The van der Waals surface area contributed by atoms with Gasteiger partial charge in [-0.15, -0.1) is 0 Å². The Morgan fingerprint density at radius 1 is 1.13 bits per heavy atom. The molecule has 2 aliphatic carbocycles. The van der Waals surface area contributed by atoms with E-state index in [-0.39, 0.29) is 54.1 Å². The van der Waals surface area contributed by atoms with Crippen molar-refractivity contribution in [3.05, 3.63) is 29.3 Å². The highest BCUT2D eigenvalue weighted by Gasteiger charge is 2.50. The van der Waals surface area contributed by atoms with Crippen molar-refractivity contribution in [2.24, 2.45) is 0 Å². The molecule has 3 atom stereocenters. The SMILES string of the molecule is N#CC1(NC(=O)C[C@H]2C[C@@H](S(=O)(=O)c3ccccc3Cl)CN2C(=O)C2CCN2C2CCC(F)(F)CC2)CC1. The molecule has 5 rings (SSSR count). The molecule has 2 aliphatic heterocycles. The van der Waals surface area contributed by atoms with Crippen LogP contribution in [0.15, 0.2) is 29.2 Å². The van der Waals surface area contributed by atoms with E-state index in [0.717, 1.165) is 0 Å². The van der Waals surface area contributed by atoms with E-state index in [1.807, 2.05) is 4.90 Å². The lowest BCUT2D eigenvalue weighted by Crippen LogP contribution is -2.62. The average molecular weight is 569 g/mol. The Bertz CT molecular complexity index is 1260. The van der Waals surface area contributed by atoms with Crippen LogP contribution in [0.5, 0.6) is 0 Å². The Morgan fingerprint density at radius 3 is 2.39 bits per heavy atom. The number of nitrogens with one attached hydrogen (secondary N) is 1. The summed E-state index contributed by atoms with van der Waals surface area (Å²) < 4.78 is 54.4. The Morgan fingerprint density at radius 2 is 1.82 bits per heavy atom. The van der Waals surface area contributed by atoms with E-state index in [9.17, 15) is 32.0 Å². The predicted octanol–water partition coefficient (Wildman–Crippen LogP) is 3.30. The molecule has 2 amide bonds. The fourth-order valence-corrected chi connectivity index (χ4v) is 8.25. The predicted molar refractivity (Wildman–Crippen MR) is 135 cm³/mol. The first-order valence-electron chi connectivity index (χ1n) is 13.1. The van der Waals surface area contributed by atoms with Gasteiger partial charge in [-0.25, -0.2) is 17.2 Å². The van der Waals surface area contributed by atoms with Crippen LogP contribution in [0.4, 0.5) is 8.78 Å². The molecule has 1 N–H and O–H groups in total. The molecule has 12 heteroatoms. The fraction of sp³-hybridized carbons (Fsp3) is 0.654. The number of likely N-dealkylation sites (tertiary alicyclic amines) is 2. The number of alkyl halides is 2. The van der Waals surface area contributed by atoms with Crippen LogP contribution in [-0.4, -0.2) is 78.0 Å². The van der Waals surface area contributed by atoms with Gasteiger partial charge in [0.1, 0.15) is 5.54 Å². The van der Waals surface area contributed by atoms with Crippen LogP contribution in [-0.2, 0) is 19.4 Å². The zero-order chi connectivity index (χ0) is 27.3. The van der Waals surface area contributed by atoms with E-state index >= 15 is 0 Å². The molecule has 8 nitrogen and oxygen atoms in total. The quantitative estimate of drug-likeness (QED) is 0.540. The molecule has 2 saturated carbocycles. The first-order valence-corrected chi connectivity index (χ1v) is 15.0. The second-order valence-electron chi connectivity index (χ2n) is 11.1. The molecule has 0 spiro atoms. The maximum atomic E-state index is 13.8. The lowest BCUT2D eigenvalue weighted by Gasteiger charge is -2.48. The summed E-state index contributed by atoms with van der Waals surface area (Å²) in [6.07, 6.45) is 1.82. The zero-order valence-electron chi connectivity index (χ0n) is 20.9. The van der Waals surface area contributed by atoms with Gasteiger partial charge in [-0.2, -0.15) is 5.26 Å². The molecule has 2 saturated heterocycles. The number of hydrogen-bond donors (Lipinski definition) is 1. The van der Waals surface area contributed by atoms with Gasteiger partial charge in [-0.1, -0.05) is 23.7 Å². The molecule has 0 aromatic heterocycles. The summed E-state index contributed by atoms with van der Waals surface area (Å²) in [5, 5.41) is 11.2. The average Bonchev–Trinajstić information content (AvgIpc) is 3.48. The molecule has 1 unspecified atom stereocenters. The number of hydrogen-bond acceptors (Lipinski definition) is 6. The maximum absolute atomic E-state index is 13.8.